The minimum Gasteiger partial charge on any atom is -0.481 e. The molecule has 0 aliphatic rings. The van der Waals surface area contributed by atoms with Gasteiger partial charge in [-0.1, -0.05) is 0 Å². The van der Waals surface area contributed by atoms with Gasteiger partial charge in [0.15, 0.2) is 0 Å². The molecule has 0 aromatic carbocycles. The Labute approximate surface area is 111 Å². The SMILES string of the molecule is COc1cc(CNC(C)c2scnc2C)ccn1. The van der Waals surface area contributed by atoms with E-state index in [1.165, 1.54) is 4.88 Å². The minimum absolute atomic E-state index is 0.302. The lowest BCUT2D eigenvalue weighted by molar-refractivity contribution is 0.397. The third-order valence-electron chi connectivity index (χ3n) is 2.80. The summed E-state index contributed by atoms with van der Waals surface area (Å²) in [6, 6.07) is 4.23. The second-order valence-corrected chi connectivity index (χ2v) is 5.00. The lowest BCUT2D eigenvalue weighted by atomic mass is 10.2. The quantitative estimate of drug-likeness (QED) is 0.901. The topological polar surface area (TPSA) is 47.0 Å². The maximum atomic E-state index is 5.11. The molecule has 2 aromatic heterocycles. The van der Waals surface area contributed by atoms with Crippen LogP contribution in [0.25, 0.3) is 0 Å². The van der Waals surface area contributed by atoms with Gasteiger partial charge >= 0.3 is 0 Å². The first kappa shape index (κ1) is 13.0. The van der Waals surface area contributed by atoms with Gasteiger partial charge in [0.2, 0.25) is 5.88 Å². The molecule has 2 heterocycles. The number of pyridine rings is 1. The fourth-order valence-electron chi connectivity index (χ4n) is 1.76. The highest BCUT2D eigenvalue weighted by Crippen LogP contribution is 2.21. The Kier molecular flexibility index (Phi) is 4.28. The Balaban J connectivity index is 1.97. The van der Waals surface area contributed by atoms with Gasteiger partial charge < -0.3 is 10.1 Å². The van der Waals surface area contributed by atoms with E-state index >= 15 is 0 Å². The monoisotopic (exact) mass is 263 g/mol. The van der Waals surface area contributed by atoms with Gasteiger partial charge in [-0.25, -0.2) is 9.97 Å². The molecule has 0 radical (unpaired) electrons. The van der Waals surface area contributed by atoms with Crippen LogP contribution in [0.3, 0.4) is 0 Å². The molecule has 2 aromatic rings. The molecule has 4 nitrogen and oxygen atoms in total. The van der Waals surface area contributed by atoms with Crippen LogP contribution in [0.5, 0.6) is 5.88 Å². The van der Waals surface area contributed by atoms with E-state index in [1.807, 2.05) is 24.6 Å². The molecule has 0 bridgehead atoms. The standard InChI is InChI=1S/C13H17N3OS/c1-9(13-10(2)16-8-18-13)15-7-11-4-5-14-12(6-11)17-3/h4-6,8-9,15H,7H2,1-3H3. The van der Waals surface area contributed by atoms with E-state index < -0.39 is 0 Å². The zero-order chi connectivity index (χ0) is 13.0. The number of hydrogen-bond acceptors (Lipinski definition) is 5. The largest absolute Gasteiger partial charge is 0.481 e. The summed E-state index contributed by atoms with van der Waals surface area (Å²) in [5.74, 6) is 0.649. The summed E-state index contributed by atoms with van der Waals surface area (Å²) in [7, 11) is 1.63. The van der Waals surface area contributed by atoms with Crippen LogP contribution in [-0.2, 0) is 6.54 Å². The highest BCUT2D eigenvalue weighted by molar-refractivity contribution is 7.09. The van der Waals surface area contributed by atoms with E-state index in [0.717, 1.165) is 17.8 Å². The highest BCUT2D eigenvalue weighted by Gasteiger charge is 2.10. The summed E-state index contributed by atoms with van der Waals surface area (Å²) in [5, 5.41) is 3.48. The maximum Gasteiger partial charge on any atom is 0.213 e. The van der Waals surface area contributed by atoms with Gasteiger partial charge in [-0.2, -0.15) is 0 Å². The number of rotatable bonds is 5. The summed E-state index contributed by atoms with van der Waals surface area (Å²) < 4.78 is 5.11. The normalized spacial score (nSPS) is 12.4. The van der Waals surface area contributed by atoms with Crippen molar-refractivity contribution in [3.8, 4) is 5.88 Å². The fourth-order valence-corrected chi connectivity index (χ4v) is 2.60. The number of hydrogen-bond donors (Lipinski definition) is 1. The molecule has 2 rings (SSSR count). The Morgan fingerprint density at radius 3 is 2.94 bits per heavy atom. The molecule has 0 saturated heterocycles. The van der Waals surface area contributed by atoms with Crippen LogP contribution in [0.4, 0.5) is 0 Å². The van der Waals surface area contributed by atoms with Crippen LogP contribution in [-0.4, -0.2) is 17.1 Å². The Morgan fingerprint density at radius 2 is 2.28 bits per heavy atom. The van der Waals surface area contributed by atoms with Gasteiger partial charge in [-0.3, -0.25) is 0 Å². The highest BCUT2D eigenvalue weighted by atomic mass is 32.1. The van der Waals surface area contributed by atoms with Crippen molar-refractivity contribution in [1.29, 1.82) is 0 Å². The summed E-state index contributed by atoms with van der Waals surface area (Å²) >= 11 is 1.69. The molecule has 1 unspecified atom stereocenters. The summed E-state index contributed by atoms with van der Waals surface area (Å²) in [6.07, 6.45) is 1.76. The van der Waals surface area contributed by atoms with Crippen LogP contribution in [0.15, 0.2) is 23.8 Å². The summed E-state index contributed by atoms with van der Waals surface area (Å²) in [6.45, 7) is 4.98. The number of nitrogens with one attached hydrogen (secondary N) is 1. The zero-order valence-electron chi connectivity index (χ0n) is 10.8. The predicted molar refractivity (Wildman–Crippen MR) is 72.9 cm³/mol. The van der Waals surface area contributed by atoms with Crippen LogP contribution in [0, 0.1) is 6.92 Å². The average molecular weight is 263 g/mol. The van der Waals surface area contributed by atoms with Gasteiger partial charge in [0.05, 0.1) is 18.3 Å². The van der Waals surface area contributed by atoms with Gasteiger partial charge in [0.1, 0.15) is 0 Å². The van der Waals surface area contributed by atoms with Crippen LogP contribution < -0.4 is 10.1 Å². The Morgan fingerprint density at radius 1 is 1.44 bits per heavy atom. The molecule has 1 atom stereocenters. The maximum absolute atomic E-state index is 5.11. The Hall–Kier alpha value is -1.46. The third kappa shape index (κ3) is 3.05. The Bertz CT molecular complexity index is 512. The number of thiazole rings is 1. The second-order valence-electron chi connectivity index (χ2n) is 4.11. The van der Waals surface area contributed by atoms with E-state index in [-0.39, 0.29) is 0 Å². The molecular formula is C13H17N3OS. The molecule has 0 aliphatic heterocycles. The molecule has 0 saturated carbocycles. The minimum atomic E-state index is 0.302. The van der Waals surface area contributed by atoms with Crippen molar-refractivity contribution in [2.45, 2.75) is 26.4 Å². The number of aromatic nitrogens is 2. The molecule has 96 valence electrons. The number of nitrogens with zero attached hydrogens (tertiary/aromatic N) is 2. The van der Waals surface area contributed by atoms with E-state index in [9.17, 15) is 0 Å². The van der Waals surface area contributed by atoms with Crippen molar-refractivity contribution in [2.75, 3.05) is 7.11 Å². The molecule has 18 heavy (non-hydrogen) atoms. The van der Waals surface area contributed by atoms with E-state index in [0.29, 0.717) is 11.9 Å². The van der Waals surface area contributed by atoms with Crippen molar-refractivity contribution in [3.05, 3.63) is 40.0 Å². The molecular weight excluding hydrogens is 246 g/mol. The molecule has 0 spiro atoms. The van der Waals surface area contributed by atoms with Gasteiger partial charge in [0, 0.05) is 29.7 Å². The lowest BCUT2D eigenvalue weighted by Crippen LogP contribution is -2.18. The smallest absolute Gasteiger partial charge is 0.213 e. The first-order valence-electron chi connectivity index (χ1n) is 5.83. The van der Waals surface area contributed by atoms with E-state index in [1.54, 1.807) is 24.6 Å². The zero-order valence-corrected chi connectivity index (χ0v) is 11.6. The summed E-state index contributed by atoms with van der Waals surface area (Å²) in [4.78, 5) is 9.65. The first-order valence-corrected chi connectivity index (χ1v) is 6.71. The van der Waals surface area contributed by atoms with Crippen molar-refractivity contribution in [3.63, 3.8) is 0 Å². The predicted octanol–water partition coefficient (Wildman–Crippen LogP) is 2.71. The molecule has 0 amide bonds. The molecule has 5 heteroatoms. The molecule has 0 aliphatic carbocycles. The lowest BCUT2D eigenvalue weighted by Gasteiger charge is -2.13. The van der Waals surface area contributed by atoms with E-state index in [2.05, 4.69) is 22.2 Å². The number of aryl methyl sites for hydroxylation is 1. The summed E-state index contributed by atoms with van der Waals surface area (Å²) in [5.41, 5.74) is 4.15. The van der Waals surface area contributed by atoms with Crippen LogP contribution in [0.1, 0.15) is 29.1 Å². The molecule has 0 fully saturated rings. The first-order chi connectivity index (χ1) is 8.70. The third-order valence-corrected chi connectivity index (χ3v) is 3.91. The number of ether oxygens (including phenoxy) is 1. The molecule has 1 N–H and O–H groups in total. The van der Waals surface area contributed by atoms with Gasteiger partial charge in [0.25, 0.3) is 0 Å². The average Bonchev–Trinajstić information content (AvgIpc) is 2.82. The van der Waals surface area contributed by atoms with Gasteiger partial charge in [-0.15, -0.1) is 11.3 Å². The van der Waals surface area contributed by atoms with Gasteiger partial charge in [-0.05, 0) is 25.5 Å². The number of methoxy groups -OCH3 is 1. The van der Waals surface area contributed by atoms with Crippen molar-refractivity contribution >= 4 is 11.3 Å². The fraction of sp³-hybridized carbons (Fsp3) is 0.385. The van der Waals surface area contributed by atoms with Crippen molar-refractivity contribution in [1.82, 2.24) is 15.3 Å². The van der Waals surface area contributed by atoms with Crippen LogP contribution in [0.2, 0.25) is 0 Å². The van der Waals surface area contributed by atoms with E-state index in [4.69, 9.17) is 4.74 Å². The van der Waals surface area contributed by atoms with Crippen molar-refractivity contribution < 1.29 is 4.74 Å². The second kappa shape index (κ2) is 5.93. The van der Waals surface area contributed by atoms with Crippen molar-refractivity contribution in [2.24, 2.45) is 0 Å². The van der Waals surface area contributed by atoms with Crippen LogP contribution >= 0.6 is 11.3 Å².